The number of hydrazine groups is 1. The summed E-state index contributed by atoms with van der Waals surface area (Å²) < 4.78 is 0. The molecule has 0 saturated carbocycles. The predicted molar refractivity (Wildman–Crippen MR) is 120 cm³/mol. The summed E-state index contributed by atoms with van der Waals surface area (Å²) in [6.45, 7) is 9.40. The molecule has 1 aromatic heterocycles. The van der Waals surface area contributed by atoms with Crippen molar-refractivity contribution in [2.45, 2.75) is 32.0 Å². The average Bonchev–Trinajstić information content (AvgIpc) is 2.77. The molecule has 1 atom stereocenters. The van der Waals surface area contributed by atoms with E-state index in [0.29, 0.717) is 6.54 Å². The van der Waals surface area contributed by atoms with Gasteiger partial charge in [0.05, 0.1) is 6.04 Å². The van der Waals surface area contributed by atoms with Gasteiger partial charge in [0.1, 0.15) is 0 Å². The number of pyridine rings is 1. The molecule has 0 aromatic carbocycles. The third kappa shape index (κ3) is 10.9. The lowest BCUT2D eigenvalue weighted by atomic mass is 10.1. The number of rotatable bonds is 1. The van der Waals surface area contributed by atoms with Crippen molar-refractivity contribution in [3.8, 4) is 0 Å². The molecule has 2 heterocycles. The maximum Gasteiger partial charge on any atom is 0.251 e. The van der Waals surface area contributed by atoms with Crippen molar-refractivity contribution in [2.24, 2.45) is 5.84 Å². The van der Waals surface area contributed by atoms with E-state index in [1.54, 1.807) is 0 Å². The molecule has 2 rings (SSSR count). The van der Waals surface area contributed by atoms with E-state index in [9.17, 15) is 4.79 Å². The fraction of sp³-hybridized carbons (Fsp3) is 0.700. The molecule has 1 amide bonds. The Hall–Kier alpha value is -1.66. The van der Waals surface area contributed by atoms with Gasteiger partial charge in [-0.05, 0) is 30.5 Å². The molecule has 0 saturated heterocycles. The van der Waals surface area contributed by atoms with Crippen molar-refractivity contribution in [1.82, 2.24) is 42.3 Å². The number of amides is 1. The molecular formula is C20H39N9O. The highest BCUT2D eigenvalue weighted by molar-refractivity contribution is 5.81. The molecule has 1 aliphatic rings. The van der Waals surface area contributed by atoms with Gasteiger partial charge in [-0.3, -0.25) is 15.2 Å². The Kier molecular flexibility index (Phi) is 13.2. The fourth-order valence-corrected chi connectivity index (χ4v) is 3.30. The van der Waals surface area contributed by atoms with Crippen LogP contribution in [0.4, 0.5) is 0 Å². The van der Waals surface area contributed by atoms with Crippen LogP contribution < -0.4 is 43.2 Å². The van der Waals surface area contributed by atoms with E-state index in [0.717, 1.165) is 78.3 Å². The van der Waals surface area contributed by atoms with Crippen molar-refractivity contribution >= 4 is 5.91 Å². The Balaban J connectivity index is 1.77. The van der Waals surface area contributed by atoms with Crippen molar-refractivity contribution in [1.29, 1.82) is 0 Å². The van der Waals surface area contributed by atoms with Crippen molar-refractivity contribution in [3.63, 3.8) is 0 Å². The quantitative estimate of drug-likeness (QED) is 0.144. The molecule has 9 N–H and O–H groups in total. The van der Waals surface area contributed by atoms with Crippen LogP contribution in [0.1, 0.15) is 24.0 Å². The summed E-state index contributed by atoms with van der Waals surface area (Å²) in [4.78, 5) is 16.3. The van der Waals surface area contributed by atoms with E-state index < -0.39 is 0 Å². The summed E-state index contributed by atoms with van der Waals surface area (Å²) in [5, 5.41) is 20.4. The molecule has 30 heavy (non-hydrogen) atoms. The van der Waals surface area contributed by atoms with E-state index in [4.69, 9.17) is 5.84 Å². The zero-order valence-electron chi connectivity index (χ0n) is 17.9. The first kappa shape index (κ1) is 24.6. The third-order valence-electron chi connectivity index (χ3n) is 4.94. The molecule has 0 aliphatic carbocycles. The summed E-state index contributed by atoms with van der Waals surface area (Å²) in [6, 6.07) is 1.93. The number of nitrogens with zero attached hydrogens (tertiary/aromatic N) is 1. The highest BCUT2D eigenvalue weighted by Gasteiger charge is 2.15. The van der Waals surface area contributed by atoms with E-state index in [1.807, 2.05) is 12.4 Å². The minimum atomic E-state index is -0.262. The van der Waals surface area contributed by atoms with Gasteiger partial charge in [0.15, 0.2) is 0 Å². The van der Waals surface area contributed by atoms with Crippen LogP contribution >= 0.6 is 0 Å². The molecule has 1 aliphatic heterocycles. The van der Waals surface area contributed by atoms with Crippen LogP contribution in [0.2, 0.25) is 0 Å². The average molecular weight is 422 g/mol. The number of hydrogen-bond donors (Lipinski definition) is 8. The second-order valence-electron chi connectivity index (χ2n) is 7.46. The minimum absolute atomic E-state index is 0.160. The van der Waals surface area contributed by atoms with Gasteiger partial charge in [-0.15, -0.1) is 0 Å². The number of aromatic nitrogens is 1. The molecule has 10 heteroatoms. The van der Waals surface area contributed by atoms with E-state index >= 15 is 0 Å². The number of carbonyl (C=O) groups is 1. The van der Waals surface area contributed by atoms with Crippen LogP contribution in [0, 0.1) is 0 Å². The molecule has 10 nitrogen and oxygen atoms in total. The van der Waals surface area contributed by atoms with Crippen molar-refractivity contribution in [2.75, 3.05) is 58.9 Å². The van der Waals surface area contributed by atoms with Gasteiger partial charge in [-0.25, -0.2) is 5.84 Å². The monoisotopic (exact) mass is 421 g/mol. The molecule has 1 aromatic rings. The summed E-state index contributed by atoms with van der Waals surface area (Å²) in [6.07, 6.45) is 5.49. The van der Waals surface area contributed by atoms with E-state index in [2.05, 4.69) is 48.4 Å². The number of carbonyl (C=O) groups excluding carboxylic acids is 1. The first-order valence-corrected chi connectivity index (χ1v) is 11.0. The van der Waals surface area contributed by atoms with Gasteiger partial charge < -0.3 is 31.9 Å². The zero-order chi connectivity index (χ0) is 21.3. The second-order valence-corrected chi connectivity index (χ2v) is 7.46. The predicted octanol–water partition coefficient (Wildman–Crippen LogP) is -2.23. The zero-order valence-corrected chi connectivity index (χ0v) is 17.9. The first-order valence-electron chi connectivity index (χ1n) is 11.0. The topological polar surface area (TPSA) is 140 Å². The van der Waals surface area contributed by atoms with E-state index in [-0.39, 0.29) is 11.9 Å². The Morgan fingerprint density at radius 1 is 0.833 bits per heavy atom. The number of hydrogen-bond acceptors (Lipinski definition) is 9. The lowest BCUT2D eigenvalue weighted by molar-refractivity contribution is -0.123. The number of nitrogens with two attached hydrogens (primary N) is 1. The van der Waals surface area contributed by atoms with Crippen LogP contribution in [-0.2, 0) is 17.9 Å². The van der Waals surface area contributed by atoms with Gasteiger partial charge >= 0.3 is 0 Å². The summed E-state index contributed by atoms with van der Waals surface area (Å²) in [7, 11) is 0. The molecule has 1 unspecified atom stereocenters. The van der Waals surface area contributed by atoms with Crippen LogP contribution in [0.5, 0.6) is 0 Å². The lowest BCUT2D eigenvalue weighted by Gasteiger charge is -2.17. The van der Waals surface area contributed by atoms with Crippen molar-refractivity contribution in [3.05, 3.63) is 29.6 Å². The molecule has 0 radical (unpaired) electrons. The SMILES string of the molecule is NNC(=O)C1CCCNCCNCCNCc2cncc(c2)CNCCNCCN1. The number of nitrogens with one attached hydrogen (secondary N) is 7. The minimum Gasteiger partial charge on any atom is -0.315 e. The van der Waals surface area contributed by atoms with Gasteiger partial charge in [-0.1, -0.05) is 6.07 Å². The summed E-state index contributed by atoms with van der Waals surface area (Å²) >= 11 is 0. The third-order valence-corrected chi connectivity index (χ3v) is 4.94. The smallest absolute Gasteiger partial charge is 0.251 e. The van der Waals surface area contributed by atoms with Gasteiger partial charge in [0.25, 0.3) is 5.91 Å². The van der Waals surface area contributed by atoms with Crippen LogP contribution in [0.25, 0.3) is 0 Å². The van der Waals surface area contributed by atoms with Gasteiger partial charge in [0, 0.05) is 77.8 Å². The maximum atomic E-state index is 12.0. The lowest BCUT2D eigenvalue weighted by Crippen LogP contribution is -2.48. The first-order chi connectivity index (χ1) is 14.8. The van der Waals surface area contributed by atoms with Crippen molar-refractivity contribution < 1.29 is 4.79 Å². The van der Waals surface area contributed by atoms with Crippen LogP contribution in [0.15, 0.2) is 18.5 Å². The number of fused-ring (bicyclic) bond motifs is 2. The normalized spacial score (nSPS) is 22.1. The Labute approximate surface area is 179 Å². The largest absolute Gasteiger partial charge is 0.315 e. The molecular weight excluding hydrogens is 382 g/mol. The second kappa shape index (κ2) is 16.1. The van der Waals surface area contributed by atoms with Crippen LogP contribution in [-0.4, -0.2) is 75.8 Å². The molecule has 170 valence electrons. The Morgan fingerprint density at radius 2 is 1.37 bits per heavy atom. The molecule has 0 fully saturated rings. The Morgan fingerprint density at radius 3 is 1.97 bits per heavy atom. The Bertz CT molecular complexity index is 587. The van der Waals surface area contributed by atoms with Gasteiger partial charge in [0.2, 0.25) is 0 Å². The fourth-order valence-electron chi connectivity index (χ4n) is 3.30. The molecule has 0 spiro atoms. The molecule has 2 bridgehead atoms. The standard InChI is InChI=1S/C20H39N9O/c21-29-20(30)19-2-1-3-22-4-5-23-6-8-25-13-17-12-18(16-27-15-17)14-26-9-7-24-10-11-28-19/h12,15-16,19,22-26,28H,1-11,13-14,21H2,(H,29,30). The maximum absolute atomic E-state index is 12.0. The van der Waals surface area contributed by atoms with Gasteiger partial charge in [-0.2, -0.15) is 0 Å². The highest BCUT2D eigenvalue weighted by atomic mass is 16.2. The summed E-state index contributed by atoms with van der Waals surface area (Å²) in [5.41, 5.74) is 4.65. The summed E-state index contributed by atoms with van der Waals surface area (Å²) in [5.74, 6) is 5.16. The van der Waals surface area contributed by atoms with E-state index in [1.165, 1.54) is 11.1 Å². The highest BCUT2D eigenvalue weighted by Crippen LogP contribution is 2.02. The van der Waals surface area contributed by atoms with Crippen LogP contribution in [0.3, 0.4) is 0 Å².